The van der Waals surface area contributed by atoms with Crippen molar-refractivity contribution >= 4 is 5.97 Å². The predicted octanol–water partition coefficient (Wildman–Crippen LogP) is 8.20. The van der Waals surface area contributed by atoms with Gasteiger partial charge in [0.1, 0.15) is 5.75 Å². The lowest BCUT2D eigenvalue weighted by atomic mass is 9.75. The zero-order valence-electron chi connectivity index (χ0n) is 22.5. The van der Waals surface area contributed by atoms with Gasteiger partial charge in [-0.3, -0.25) is 4.79 Å². The van der Waals surface area contributed by atoms with Crippen molar-refractivity contribution in [2.75, 3.05) is 13.2 Å². The molecule has 0 saturated heterocycles. The van der Waals surface area contributed by atoms with Gasteiger partial charge in [0.05, 0.1) is 24.7 Å². The molecule has 0 aliphatic heterocycles. The van der Waals surface area contributed by atoms with Gasteiger partial charge in [0.2, 0.25) is 0 Å². The molecule has 1 N–H and O–H groups in total. The van der Waals surface area contributed by atoms with Gasteiger partial charge in [0, 0.05) is 0 Å². The third-order valence-corrected chi connectivity index (χ3v) is 7.51. The number of carbonyl (C=O) groups is 1. The van der Waals surface area contributed by atoms with E-state index in [0.29, 0.717) is 32.3 Å². The van der Waals surface area contributed by atoms with E-state index < -0.39 is 5.60 Å². The van der Waals surface area contributed by atoms with E-state index in [4.69, 9.17) is 9.47 Å². The molecule has 0 bridgehead atoms. The molecule has 1 aliphatic rings. The Bertz CT molecular complexity index is 879. The lowest BCUT2D eigenvalue weighted by Gasteiger charge is -2.35. The molecule has 0 spiro atoms. The summed E-state index contributed by atoms with van der Waals surface area (Å²) in [7, 11) is 0. The number of benzene rings is 2. The third-order valence-electron chi connectivity index (χ3n) is 7.51. The maximum Gasteiger partial charge on any atom is 0.308 e. The second-order valence-corrected chi connectivity index (χ2v) is 10.4. The van der Waals surface area contributed by atoms with E-state index in [1.165, 1.54) is 38.5 Å². The zero-order valence-corrected chi connectivity index (χ0v) is 22.5. The molecule has 0 aromatic heterocycles. The minimum absolute atomic E-state index is 0.0868. The molecule has 2 aromatic carbocycles. The Morgan fingerprint density at radius 2 is 1.31 bits per heavy atom. The van der Waals surface area contributed by atoms with Crippen molar-refractivity contribution in [1.82, 2.24) is 0 Å². The fourth-order valence-corrected chi connectivity index (χ4v) is 5.05. The van der Waals surface area contributed by atoms with Crippen LogP contribution in [0.5, 0.6) is 5.75 Å². The number of ether oxygens (including phenoxy) is 2. The topological polar surface area (TPSA) is 55.8 Å². The molecule has 0 heterocycles. The highest BCUT2D eigenvalue weighted by molar-refractivity contribution is 5.72. The number of hydrogen-bond donors (Lipinski definition) is 1. The highest BCUT2D eigenvalue weighted by Gasteiger charge is 2.37. The van der Waals surface area contributed by atoms with Crippen LogP contribution in [0.15, 0.2) is 48.5 Å². The van der Waals surface area contributed by atoms with Crippen molar-refractivity contribution in [3.63, 3.8) is 0 Å². The molecular weight excluding hydrogens is 448 g/mol. The van der Waals surface area contributed by atoms with Gasteiger partial charge in [-0.25, -0.2) is 0 Å². The number of aliphatic hydroxyl groups is 1. The highest BCUT2D eigenvalue weighted by Crippen LogP contribution is 2.40. The molecule has 4 heteroatoms. The largest absolute Gasteiger partial charge is 0.494 e. The van der Waals surface area contributed by atoms with Gasteiger partial charge in [0.15, 0.2) is 0 Å². The Hall–Kier alpha value is -2.33. The highest BCUT2D eigenvalue weighted by atomic mass is 16.5. The van der Waals surface area contributed by atoms with Crippen LogP contribution in [0.3, 0.4) is 0 Å². The smallest absolute Gasteiger partial charge is 0.308 e. The molecule has 36 heavy (non-hydrogen) atoms. The first-order valence-electron chi connectivity index (χ1n) is 14.3. The van der Waals surface area contributed by atoms with Crippen LogP contribution in [0.2, 0.25) is 0 Å². The lowest BCUT2D eigenvalue weighted by Crippen LogP contribution is -2.34. The summed E-state index contributed by atoms with van der Waals surface area (Å²) >= 11 is 0. The number of unbranched alkanes of at least 4 members (excludes halogenated alkanes) is 7. The quantitative estimate of drug-likeness (QED) is 0.200. The van der Waals surface area contributed by atoms with E-state index in [1.54, 1.807) is 0 Å². The summed E-state index contributed by atoms with van der Waals surface area (Å²) in [6, 6.07) is 16.5. The minimum atomic E-state index is -0.870. The Labute approximate surface area is 218 Å². The van der Waals surface area contributed by atoms with Gasteiger partial charge in [-0.1, -0.05) is 95.2 Å². The number of hydrogen-bond acceptors (Lipinski definition) is 4. The van der Waals surface area contributed by atoms with E-state index in [1.807, 2.05) is 24.3 Å². The molecule has 4 nitrogen and oxygen atoms in total. The molecule has 1 fully saturated rings. The van der Waals surface area contributed by atoms with E-state index in [0.717, 1.165) is 48.3 Å². The first kappa shape index (κ1) is 28.2. The van der Waals surface area contributed by atoms with Crippen LogP contribution in [-0.4, -0.2) is 24.3 Å². The Balaban J connectivity index is 1.45. The average molecular weight is 495 g/mol. The van der Waals surface area contributed by atoms with Crippen LogP contribution in [0.1, 0.15) is 103 Å². The zero-order chi connectivity index (χ0) is 25.6. The van der Waals surface area contributed by atoms with Gasteiger partial charge in [-0.05, 0) is 67.3 Å². The summed E-state index contributed by atoms with van der Waals surface area (Å²) in [6.45, 7) is 5.71. The Morgan fingerprint density at radius 3 is 1.92 bits per heavy atom. The monoisotopic (exact) mass is 494 g/mol. The van der Waals surface area contributed by atoms with Gasteiger partial charge >= 0.3 is 5.97 Å². The van der Waals surface area contributed by atoms with Crippen molar-refractivity contribution in [3.8, 4) is 16.9 Å². The molecule has 198 valence electrons. The predicted molar refractivity (Wildman–Crippen MR) is 147 cm³/mol. The first-order valence-corrected chi connectivity index (χ1v) is 14.3. The Morgan fingerprint density at radius 1 is 0.778 bits per heavy atom. The summed E-state index contributed by atoms with van der Waals surface area (Å²) in [4.78, 5) is 12.4. The average Bonchev–Trinajstić information content (AvgIpc) is 2.91. The normalized spacial score (nSPS) is 19.7. The molecule has 0 atom stereocenters. The van der Waals surface area contributed by atoms with Crippen molar-refractivity contribution in [1.29, 1.82) is 0 Å². The van der Waals surface area contributed by atoms with Gasteiger partial charge in [-0.2, -0.15) is 0 Å². The SMILES string of the molecule is CCCCCCCOC(=O)C1CCC(O)(c2ccc(-c3ccc(OCCCCCC)cc3)cc2)CC1. The van der Waals surface area contributed by atoms with Crippen molar-refractivity contribution in [3.05, 3.63) is 54.1 Å². The second kappa shape index (κ2) is 15.0. The van der Waals surface area contributed by atoms with Crippen LogP contribution in [0.25, 0.3) is 11.1 Å². The van der Waals surface area contributed by atoms with Crippen LogP contribution >= 0.6 is 0 Å². The third kappa shape index (κ3) is 8.65. The molecule has 1 aliphatic carbocycles. The molecule has 1 saturated carbocycles. The Kier molecular flexibility index (Phi) is 11.8. The van der Waals surface area contributed by atoms with Crippen LogP contribution in [-0.2, 0) is 15.1 Å². The number of carbonyl (C=O) groups excluding carboxylic acids is 1. The molecule has 3 rings (SSSR count). The first-order chi connectivity index (χ1) is 17.6. The van der Waals surface area contributed by atoms with Gasteiger partial charge in [-0.15, -0.1) is 0 Å². The number of esters is 1. The molecule has 0 unspecified atom stereocenters. The molecule has 0 radical (unpaired) electrons. The van der Waals surface area contributed by atoms with Crippen LogP contribution < -0.4 is 4.74 Å². The maximum absolute atomic E-state index is 12.4. The van der Waals surface area contributed by atoms with Crippen molar-refractivity contribution in [2.45, 2.75) is 103 Å². The van der Waals surface area contributed by atoms with E-state index >= 15 is 0 Å². The molecular formula is C32H46O4. The van der Waals surface area contributed by atoms with E-state index in [2.05, 4.69) is 38.1 Å². The summed E-state index contributed by atoms with van der Waals surface area (Å²) in [5.41, 5.74) is 2.31. The van der Waals surface area contributed by atoms with Crippen LogP contribution in [0.4, 0.5) is 0 Å². The van der Waals surface area contributed by atoms with E-state index in [9.17, 15) is 9.90 Å². The summed E-state index contributed by atoms with van der Waals surface area (Å²) in [5, 5.41) is 11.3. The fraction of sp³-hybridized carbons (Fsp3) is 0.594. The van der Waals surface area contributed by atoms with E-state index in [-0.39, 0.29) is 11.9 Å². The molecule has 2 aromatic rings. The fourth-order valence-electron chi connectivity index (χ4n) is 5.05. The molecule has 0 amide bonds. The van der Waals surface area contributed by atoms with Crippen LogP contribution in [0, 0.1) is 5.92 Å². The maximum atomic E-state index is 12.4. The summed E-state index contributed by atoms with van der Waals surface area (Å²) in [6.07, 6.45) is 13.1. The lowest BCUT2D eigenvalue weighted by molar-refractivity contribution is -0.152. The van der Waals surface area contributed by atoms with Gasteiger partial charge < -0.3 is 14.6 Å². The van der Waals surface area contributed by atoms with Crippen molar-refractivity contribution in [2.24, 2.45) is 5.92 Å². The van der Waals surface area contributed by atoms with Crippen molar-refractivity contribution < 1.29 is 19.4 Å². The summed E-state index contributed by atoms with van der Waals surface area (Å²) in [5.74, 6) is 0.733. The summed E-state index contributed by atoms with van der Waals surface area (Å²) < 4.78 is 11.4. The number of rotatable bonds is 15. The second-order valence-electron chi connectivity index (χ2n) is 10.4. The minimum Gasteiger partial charge on any atom is -0.494 e. The standard InChI is InChI=1S/C32H46O4/c1-3-5-7-9-11-25-36-31(33)28-20-22-32(34,23-21-28)29-16-12-26(13-17-29)27-14-18-30(19-15-27)35-24-10-8-6-4-2/h12-19,28,34H,3-11,20-25H2,1-2H3. The van der Waals surface area contributed by atoms with Gasteiger partial charge in [0.25, 0.3) is 0 Å².